The molecular weight excluding hydrogens is 262 g/mol. The lowest BCUT2D eigenvalue weighted by atomic mass is 10.1. The van der Waals surface area contributed by atoms with Crippen molar-refractivity contribution in [3.05, 3.63) is 0 Å². The molecule has 0 atom stereocenters. The molecule has 1 aliphatic heterocycles. The lowest BCUT2D eigenvalue weighted by Crippen LogP contribution is -2.37. The van der Waals surface area contributed by atoms with Crippen LogP contribution in [-0.2, 0) is 4.79 Å². The molecule has 1 saturated heterocycles. The van der Waals surface area contributed by atoms with Crippen LogP contribution in [0.1, 0.15) is 32.1 Å². The van der Waals surface area contributed by atoms with E-state index in [0.29, 0.717) is 12.5 Å². The van der Waals surface area contributed by atoms with Crippen molar-refractivity contribution in [3.8, 4) is 0 Å². The van der Waals surface area contributed by atoms with E-state index in [1.807, 2.05) is 11.8 Å². The molecule has 0 aromatic carbocycles. The van der Waals surface area contributed by atoms with Gasteiger partial charge in [-0.15, -0.1) is 0 Å². The smallest absolute Gasteiger partial charge is 0.220 e. The number of nitrogens with one attached hydrogen (secondary N) is 1. The van der Waals surface area contributed by atoms with Crippen molar-refractivity contribution in [1.29, 1.82) is 0 Å². The number of thioether (sulfide) groups is 1. The van der Waals surface area contributed by atoms with Crippen molar-refractivity contribution < 1.29 is 4.79 Å². The van der Waals surface area contributed by atoms with Gasteiger partial charge in [0.1, 0.15) is 0 Å². The number of amides is 1. The summed E-state index contributed by atoms with van der Waals surface area (Å²) in [6.07, 6.45) is 5.07. The maximum atomic E-state index is 11.5. The molecule has 14 heavy (non-hydrogen) atoms. The summed E-state index contributed by atoms with van der Waals surface area (Å²) in [5.74, 6) is 2.64. The first-order valence-electron chi connectivity index (χ1n) is 5.26. The minimum atomic E-state index is 0.239. The fourth-order valence-electron chi connectivity index (χ4n) is 1.52. The summed E-state index contributed by atoms with van der Waals surface area (Å²) < 4.78 is 0. The summed E-state index contributed by atoms with van der Waals surface area (Å²) in [6, 6.07) is 0.452. The van der Waals surface area contributed by atoms with Crippen LogP contribution >= 0.6 is 27.7 Å². The normalized spacial score (nSPS) is 18.1. The Kier molecular flexibility index (Phi) is 6.69. The molecule has 4 heteroatoms. The van der Waals surface area contributed by atoms with Gasteiger partial charge >= 0.3 is 0 Å². The largest absolute Gasteiger partial charge is 0.353 e. The summed E-state index contributed by atoms with van der Waals surface area (Å²) in [5, 5.41) is 4.11. The van der Waals surface area contributed by atoms with Crippen molar-refractivity contribution in [1.82, 2.24) is 5.32 Å². The molecule has 0 saturated carbocycles. The number of hydrogen-bond acceptors (Lipinski definition) is 2. The van der Waals surface area contributed by atoms with Gasteiger partial charge in [-0.05, 0) is 37.2 Å². The monoisotopic (exact) mass is 279 g/mol. The molecule has 1 N–H and O–H groups in total. The second kappa shape index (κ2) is 7.57. The van der Waals surface area contributed by atoms with Gasteiger partial charge in [-0.3, -0.25) is 4.79 Å². The van der Waals surface area contributed by atoms with Gasteiger partial charge < -0.3 is 5.32 Å². The summed E-state index contributed by atoms with van der Waals surface area (Å²) in [7, 11) is 0. The van der Waals surface area contributed by atoms with Crippen LogP contribution in [0.5, 0.6) is 0 Å². The Morgan fingerprint density at radius 3 is 2.71 bits per heavy atom. The van der Waals surface area contributed by atoms with Gasteiger partial charge in [0.05, 0.1) is 0 Å². The summed E-state index contributed by atoms with van der Waals surface area (Å²) in [5.41, 5.74) is 0. The summed E-state index contributed by atoms with van der Waals surface area (Å²) >= 11 is 5.35. The van der Waals surface area contributed by atoms with E-state index in [1.165, 1.54) is 11.5 Å². The number of hydrogen-bond donors (Lipinski definition) is 1. The maximum absolute atomic E-state index is 11.5. The molecule has 0 aromatic rings. The predicted molar refractivity (Wildman–Crippen MR) is 66.1 cm³/mol. The molecule has 1 heterocycles. The van der Waals surface area contributed by atoms with Crippen LogP contribution in [0.2, 0.25) is 0 Å². The highest BCUT2D eigenvalue weighted by Gasteiger charge is 2.15. The zero-order valence-electron chi connectivity index (χ0n) is 8.43. The zero-order chi connectivity index (χ0) is 10.2. The molecule has 0 spiro atoms. The van der Waals surface area contributed by atoms with Gasteiger partial charge in [-0.25, -0.2) is 0 Å². The van der Waals surface area contributed by atoms with Crippen LogP contribution in [0.4, 0.5) is 0 Å². The molecule has 1 aliphatic rings. The Balaban J connectivity index is 2.06. The molecule has 0 radical (unpaired) electrons. The van der Waals surface area contributed by atoms with E-state index in [4.69, 9.17) is 0 Å². The van der Waals surface area contributed by atoms with Crippen molar-refractivity contribution in [3.63, 3.8) is 0 Å². The molecule has 1 fully saturated rings. The molecular formula is C10H18BrNOS. The Bertz CT molecular complexity index is 172. The quantitative estimate of drug-likeness (QED) is 0.619. The predicted octanol–water partition coefficient (Wildman–Crippen LogP) is 2.56. The van der Waals surface area contributed by atoms with Crippen molar-refractivity contribution in [2.24, 2.45) is 0 Å². The third-order valence-electron chi connectivity index (χ3n) is 2.37. The minimum absolute atomic E-state index is 0.239. The molecule has 2 nitrogen and oxygen atoms in total. The van der Waals surface area contributed by atoms with Gasteiger partial charge in [-0.2, -0.15) is 11.8 Å². The van der Waals surface area contributed by atoms with Gasteiger partial charge in [0, 0.05) is 17.8 Å². The Labute approximate surface area is 98.7 Å². The number of carbonyl (C=O) groups excluding carboxylic acids is 1. The highest BCUT2D eigenvalue weighted by atomic mass is 79.9. The Hall–Kier alpha value is 0.300. The SMILES string of the molecule is O=C(CCCCBr)NC1CCSCC1. The lowest BCUT2D eigenvalue weighted by Gasteiger charge is -2.22. The second-order valence-corrected chi connectivity index (χ2v) is 5.62. The third-order valence-corrected chi connectivity index (χ3v) is 3.98. The van der Waals surface area contributed by atoms with E-state index in [9.17, 15) is 4.79 Å². The van der Waals surface area contributed by atoms with Crippen molar-refractivity contribution in [2.75, 3.05) is 16.8 Å². The standard InChI is InChI=1S/C10H18BrNOS/c11-6-2-1-3-10(13)12-9-4-7-14-8-5-9/h9H,1-8H2,(H,12,13). The molecule has 0 aromatic heterocycles. The van der Waals surface area contributed by atoms with Crippen LogP contribution in [0, 0.1) is 0 Å². The van der Waals surface area contributed by atoms with Crippen LogP contribution in [0.3, 0.4) is 0 Å². The van der Waals surface area contributed by atoms with Crippen LogP contribution in [-0.4, -0.2) is 28.8 Å². The number of rotatable bonds is 5. The highest BCUT2D eigenvalue weighted by molar-refractivity contribution is 9.09. The molecule has 0 bridgehead atoms. The summed E-state index contributed by atoms with van der Waals surface area (Å²) in [4.78, 5) is 11.5. The van der Waals surface area contributed by atoms with Crippen LogP contribution in [0.15, 0.2) is 0 Å². The fraction of sp³-hybridized carbons (Fsp3) is 0.900. The van der Waals surface area contributed by atoms with Gasteiger partial charge in [-0.1, -0.05) is 15.9 Å². The van der Waals surface area contributed by atoms with E-state index in [2.05, 4.69) is 21.2 Å². The van der Waals surface area contributed by atoms with E-state index in [1.54, 1.807) is 0 Å². The average Bonchev–Trinajstić information content (AvgIpc) is 2.20. The lowest BCUT2D eigenvalue weighted by molar-refractivity contribution is -0.121. The van der Waals surface area contributed by atoms with E-state index >= 15 is 0 Å². The number of halogens is 1. The first-order chi connectivity index (χ1) is 6.83. The topological polar surface area (TPSA) is 29.1 Å². The first-order valence-corrected chi connectivity index (χ1v) is 7.53. The van der Waals surface area contributed by atoms with Crippen molar-refractivity contribution >= 4 is 33.6 Å². The molecule has 1 amide bonds. The third kappa shape index (κ3) is 5.25. The molecule has 1 rings (SSSR count). The summed E-state index contributed by atoms with van der Waals surface area (Å²) in [6.45, 7) is 0. The van der Waals surface area contributed by atoms with Crippen molar-refractivity contribution in [2.45, 2.75) is 38.1 Å². The zero-order valence-corrected chi connectivity index (χ0v) is 10.8. The van der Waals surface area contributed by atoms with Crippen LogP contribution < -0.4 is 5.32 Å². The molecule has 82 valence electrons. The maximum Gasteiger partial charge on any atom is 0.220 e. The Morgan fingerprint density at radius 2 is 2.07 bits per heavy atom. The fourth-order valence-corrected chi connectivity index (χ4v) is 3.02. The molecule has 0 unspecified atom stereocenters. The average molecular weight is 280 g/mol. The second-order valence-electron chi connectivity index (χ2n) is 3.60. The Morgan fingerprint density at radius 1 is 1.36 bits per heavy atom. The van der Waals surface area contributed by atoms with Gasteiger partial charge in [0.25, 0.3) is 0 Å². The van der Waals surface area contributed by atoms with E-state index in [-0.39, 0.29) is 5.91 Å². The number of carbonyl (C=O) groups is 1. The minimum Gasteiger partial charge on any atom is -0.353 e. The number of alkyl halides is 1. The van der Waals surface area contributed by atoms with Crippen LogP contribution in [0.25, 0.3) is 0 Å². The van der Waals surface area contributed by atoms with E-state index < -0.39 is 0 Å². The molecule has 0 aliphatic carbocycles. The highest BCUT2D eigenvalue weighted by Crippen LogP contribution is 2.16. The number of unbranched alkanes of at least 4 members (excludes halogenated alkanes) is 1. The van der Waals surface area contributed by atoms with Gasteiger partial charge in [0.15, 0.2) is 0 Å². The van der Waals surface area contributed by atoms with Gasteiger partial charge in [0.2, 0.25) is 5.91 Å². The van der Waals surface area contributed by atoms with E-state index in [0.717, 1.165) is 31.0 Å². The first kappa shape index (κ1) is 12.4.